The molecule has 4 rings (SSSR count). The van der Waals surface area contributed by atoms with Crippen molar-refractivity contribution >= 4 is 46.4 Å². The Morgan fingerprint density at radius 2 is 1.85 bits per heavy atom. The molecule has 178 valence electrons. The molecule has 4 N–H and O–H groups in total. The fourth-order valence-corrected chi connectivity index (χ4v) is 4.87. The molecule has 9 nitrogen and oxygen atoms in total. The summed E-state index contributed by atoms with van der Waals surface area (Å²) in [5, 5.41) is 6.42. The van der Waals surface area contributed by atoms with Crippen LogP contribution in [-0.4, -0.2) is 43.1 Å². The molecule has 3 unspecified atom stereocenters. The van der Waals surface area contributed by atoms with E-state index in [4.69, 9.17) is 27.4 Å². The van der Waals surface area contributed by atoms with Crippen molar-refractivity contribution in [3.05, 3.63) is 48.0 Å². The Bertz CT molecular complexity index is 1140. The number of nitrogens with two attached hydrogens (primary N) is 1. The van der Waals surface area contributed by atoms with Gasteiger partial charge in [-0.25, -0.2) is 0 Å². The summed E-state index contributed by atoms with van der Waals surface area (Å²) in [6.45, 7) is 0. The van der Waals surface area contributed by atoms with E-state index in [0.717, 1.165) is 0 Å². The first kappa shape index (κ1) is 23.5. The van der Waals surface area contributed by atoms with Gasteiger partial charge in [-0.3, -0.25) is 19.3 Å². The topological polar surface area (TPSA) is 123 Å². The maximum atomic E-state index is 13.3. The molecular formula is C24H26N4O5S. The number of nitrogens with zero attached hydrogens (tertiary/aromatic N) is 1. The molecule has 1 aliphatic carbocycles. The van der Waals surface area contributed by atoms with E-state index < -0.39 is 5.91 Å². The second-order valence-electron chi connectivity index (χ2n) is 8.31. The van der Waals surface area contributed by atoms with Crippen molar-refractivity contribution < 1.29 is 23.9 Å². The summed E-state index contributed by atoms with van der Waals surface area (Å²) >= 11 is 5.50. The summed E-state index contributed by atoms with van der Waals surface area (Å²) in [5.41, 5.74) is 6.67. The molecule has 1 heterocycles. The highest BCUT2D eigenvalue weighted by Gasteiger charge is 2.44. The van der Waals surface area contributed by atoms with Crippen molar-refractivity contribution in [1.29, 1.82) is 0 Å². The summed E-state index contributed by atoms with van der Waals surface area (Å²) in [5.74, 6) is -0.392. The molecule has 1 saturated heterocycles. The molecule has 2 aromatic carbocycles. The first-order valence-electron chi connectivity index (χ1n) is 10.9. The summed E-state index contributed by atoms with van der Waals surface area (Å²) in [6.07, 6.45) is 1.54. The molecule has 34 heavy (non-hydrogen) atoms. The van der Waals surface area contributed by atoms with E-state index >= 15 is 0 Å². The van der Waals surface area contributed by atoms with Crippen LogP contribution in [-0.2, 0) is 9.59 Å². The molecule has 2 aromatic rings. The van der Waals surface area contributed by atoms with Crippen molar-refractivity contribution in [3.8, 4) is 11.5 Å². The molecule has 2 fully saturated rings. The van der Waals surface area contributed by atoms with Crippen molar-refractivity contribution in [2.45, 2.75) is 25.3 Å². The van der Waals surface area contributed by atoms with Crippen LogP contribution in [0.15, 0.2) is 42.5 Å². The SMILES string of the molecule is COc1ccc(N2C(=O)C3CCC(C(=O)Nc4cc(C(N)=O)ccc4OC)CC3NC2=S)cc1. The minimum atomic E-state index is -0.599. The number of primary amides is 1. The van der Waals surface area contributed by atoms with E-state index in [1.54, 1.807) is 37.4 Å². The lowest BCUT2D eigenvalue weighted by Gasteiger charge is -2.43. The van der Waals surface area contributed by atoms with E-state index in [-0.39, 0.29) is 35.3 Å². The van der Waals surface area contributed by atoms with Gasteiger partial charge in [0.05, 0.1) is 31.5 Å². The summed E-state index contributed by atoms with van der Waals surface area (Å²) in [6, 6.07) is 11.5. The number of rotatable bonds is 6. The minimum absolute atomic E-state index is 0.0754. The number of amides is 3. The van der Waals surface area contributed by atoms with Gasteiger partial charge in [0, 0.05) is 17.5 Å². The van der Waals surface area contributed by atoms with Crippen LogP contribution < -0.4 is 30.7 Å². The van der Waals surface area contributed by atoms with Gasteiger partial charge in [-0.2, -0.15) is 0 Å². The first-order chi connectivity index (χ1) is 16.3. The highest BCUT2D eigenvalue weighted by atomic mass is 32.1. The molecule has 0 bridgehead atoms. The molecule has 3 atom stereocenters. The zero-order valence-corrected chi connectivity index (χ0v) is 19.7. The third-order valence-electron chi connectivity index (χ3n) is 6.34. The zero-order valence-electron chi connectivity index (χ0n) is 18.9. The van der Waals surface area contributed by atoms with E-state index in [9.17, 15) is 14.4 Å². The quantitative estimate of drug-likeness (QED) is 0.541. The lowest BCUT2D eigenvalue weighted by Crippen LogP contribution is -2.62. The van der Waals surface area contributed by atoms with Crippen molar-refractivity contribution in [2.24, 2.45) is 17.6 Å². The Kier molecular flexibility index (Phi) is 6.69. The van der Waals surface area contributed by atoms with E-state index in [0.29, 0.717) is 47.2 Å². The molecule has 1 saturated carbocycles. The third kappa shape index (κ3) is 4.54. The standard InChI is InChI=1S/C24H26N4O5S/c1-32-16-7-5-15(6-8-16)28-23(31)17-9-3-14(12-18(17)27-24(28)34)22(30)26-19-11-13(21(25)29)4-10-20(19)33-2/h4-8,10-11,14,17-18H,3,9,12H2,1-2H3,(H2,25,29)(H,26,30)(H,27,34). The summed E-state index contributed by atoms with van der Waals surface area (Å²) in [7, 11) is 3.06. The lowest BCUT2D eigenvalue weighted by atomic mass is 9.76. The van der Waals surface area contributed by atoms with E-state index in [2.05, 4.69) is 10.6 Å². The number of hydrogen-bond donors (Lipinski definition) is 3. The number of thiocarbonyl (C=S) groups is 1. The van der Waals surface area contributed by atoms with E-state index in [1.165, 1.54) is 24.1 Å². The zero-order chi connectivity index (χ0) is 24.4. The number of anilines is 2. The second kappa shape index (κ2) is 9.68. The third-order valence-corrected chi connectivity index (χ3v) is 6.64. The van der Waals surface area contributed by atoms with Crippen LogP contribution in [0, 0.1) is 11.8 Å². The van der Waals surface area contributed by atoms with Gasteiger partial charge in [0.1, 0.15) is 11.5 Å². The average molecular weight is 483 g/mol. The molecule has 0 aromatic heterocycles. The molecule has 3 amide bonds. The minimum Gasteiger partial charge on any atom is -0.497 e. The number of carbonyl (C=O) groups excluding carboxylic acids is 3. The van der Waals surface area contributed by atoms with Crippen LogP contribution in [0.25, 0.3) is 0 Å². The highest BCUT2D eigenvalue weighted by molar-refractivity contribution is 7.80. The number of methoxy groups -OCH3 is 2. The van der Waals surface area contributed by atoms with Crippen molar-refractivity contribution in [2.75, 3.05) is 24.4 Å². The Labute approximate surface area is 202 Å². The Morgan fingerprint density at radius 3 is 2.50 bits per heavy atom. The normalized spacial score (nSPS) is 21.8. The van der Waals surface area contributed by atoms with Gasteiger partial charge < -0.3 is 25.8 Å². The number of fused-ring (bicyclic) bond motifs is 1. The number of carbonyl (C=O) groups is 3. The maximum absolute atomic E-state index is 13.3. The van der Waals surface area contributed by atoms with Crippen LogP contribution in [0.2, 0.25) is 0 Å². The van der Waals surface area contributed by atoms with Gasteiger partial charge in [-0.1, -0.05) is 0 Å². The molecule has 1 aliphatic heterocycles. The fourth-order valence-electron chi connectivity index (χ4n) is 4.52. The largest absolute Gasteiger partial charge is 0.497 e. The highest BCUT2D eigenvalue weighted by Crippen LogP contribution is 2.36. The van der Waals surface area contributed by atoms with Crippen molar-refractivity contribution in [1.82, 2.24) is 5.32 Å². The second-order valence-corrected chi connectivity index (χ2v) is 8.70. The number of nitrogens with one attached hydrogen (secondary N) is 2. The smallest absolute Gasteiger partial charge is 0.248 e. The first-order valence-corrected chi connectivity index (χ1v) is 11.3. The number of benzene rings is 2. The Hall–Kier alpha value is -3.66. The monoisotopic (exact) mass is 482 g/mol. The van der Waals surface area contributed by atoms with Gasteiger partial charge in [-0.05, 0) is 73.9 Å². The van der Waals surface area contributed by atoms with E-state index in [1.807, 2.05) is 0 Å². The van der Waals surface area contributed by atoms with Crippen molar-refractivity contribution in [3.63, 3.8) is 0 Å². The molecule has 0 radical (unpaired) electrons. The predicted molar refractivity (Wildman–Crippen MR) is 131 cm³/mol. The predicted octanol–water partition coefficient (Wildman–Crippen LogP) is 2.45. The Morgan fingerprint density at radius 1 is 1.12 bits per heavy atom. The molecule has 10 heteroatoms. The average Bonchev–Trinajstić information content (AvgIpc) is 2.84. The summed E-state index contributed by atoms with van der Waals surface area (Å²) < 4.78 is 10.5. The van der Waals surface area contributed by atoms with Crippen LogP contribution in [0.1, 0.15) is 29.6 Å². The van der Waals surface area contributed by atoms with Crippen LogP contribution in [0.3, 0.4) is 0 Å². The Balaban J connectivity index is 1.46. The lowest BCUT2D eigenvalue weighted by molar-refractivity contribution is -0.127. The molecular weight excluding hydrogens is 456 g/mol. The van der Waals surface area contributed by atoms with Gasteiger partial charge in [-0.15, -0.1) is 0 Å². The number of ether oxygens (including phenoxy) is 2. The maximum Gasteiger partial charge on any atom is 0.248 e. The molecule has 0 spiro atoms. The fraction of sp³-hybridized carbons (Fsp3) is 0.333. The van der Waals surface area contributed by atoms with Crippen LogP contribution >= 0.6 is 12.2 Å². The number of hydrogen-bond acceptors (Lipinski definition) is 6. The molecule has 2 aliphatic rings. The van der Waals surface area contributed by atoms with Gasteiger partial charge in [0.2, 0.25) is 17.7 Å². The summed E-state index contributed by atoms with van der Waals surface area (Å²) in [4.78, 5) is 39.4. The van der Waals surface area contributed by atoms with Crippen LogP contribution in [0.4, 0.5) is 11.4 Å². The van der Waals surface area contributed by atoms with Gasteiger partial charge in [0.15, 0.2) is 5.11 Å². The van der Waals surface area contributed by atoms with Gasteiger partial charge in [0.25, 0.3) is 0 Å². The van der Waals surface area contributed by atoms with Gasteiger partial charge >= 0.3 is 0 Å². The van der Waals surface area contributed by atoms with Crippen LogP contribution in [0.5, 0.6) is 11.5 Å².